The number of benzene rings is 9. The van der Waals surface area contributed by atoms with Gasteiger partial charge in [0.05, 0.1) is 0 Å². The maximum atomic E-state index is 2.86. The Morgan fingerprint density at radius 1 is 0.539 bits per heavy atom. The summed E-state index contributed by atoms with van der Waals surface area (Å²) in [5.74, 6) is 3.55. The molecule has 0 aromatic heterocycles. The molecule has 0 N–H and O–H groups in total. The van der Waals surface area contributed by atoms with Gasteiger partial charge >= 0.3 is 6.85 Å². The summed E-state index contributed by atoms with van der Waals surface area (Å²) in [6.45, 7) is 5.27. The van der Waals surface area contributed by atoms with Crippen molar-refractivity contribution in [3.8, 4) is 44.5 Å². The van der Waals surface area contributed by atoms with E-state index in [4.69, 9.17) is 0 Å². The fraction of sp³-hybridized carbons (Fsp3) is 0.297. The van der Waals surface area contributed by atoms with E-state index in [0.29, 0.717) is 10.8 Å². The highest BCUT2D eigenvalue weighted by Gasteiger charge is 2.68. The molecule has 2 heterocycles. The predicted octanol–water partition coefficient (Wildman–Crippen LogP) is 16.9. The summed E-state index contributed by atoms with van der Waals surface area (Å²) in [6, 6.07) is 65.9. The molecule has 2 bridgehead atoms. The van der Waals surface area contributed by atoms with Crippen LogP contribution in [0, 0.1) is 29.1 Å². The molecule has 7 atom stereocenters. The second-order valence-corrected chi connectivity index (χ2v) is 26.9. The molecule has 9 aromatic rings. The van der Waals surface area contributed by atoms with Crippen molar-refractivity contribution in [2.45, 2.75) is 108 Å². The van der Waals surface area contributed by atoms with Gasteiger partial charge in [0.2, 0.25) is 0 Å². The average molecular weight is 976 g/mol. The molecule has 0 amide bonds. The van der Waals surface area contributed by atoms with E-state index in [0.717, 1.165) is 42.9 Å². The number of hydrogen-bond acceptors (Lipinski definition) is 1. The second-order valence-electron chi connectivity index (χ2n) is 26.9. The van der Waals surface area contributed by atoms with E-state index in [1.807, 2.05) is 11.1 Å². The molecule has 76 heavy (non-hydrogen) atoms. The van der Waals surface area contributed by atoms with Gasteiger partial charge in [0.15, 0.2) is 0 Å². The molecule has 19 rings (SSSR count). The summed E-state index contributed by atoms with van der Waals surface area (Å²) < 4.78 is 0. The molecule has 1 nitrogen and oxygen atoms in total. The molecular formula is C74H62BN. The first-order chi connectivity index (χ1) is 37.3. The SMILES string of the molecule is CC1CC2(c3ccc4c(c3)-c3cc(C5(C)CC6CC7=C6C(C7)C5)cc5c3C(C4)c3cc4ccccc4c4c3B5N(c3ccc(-c5ccccc5)cc3)c3ccc5c(c3-4)-c3cc4ccccc4cc3CC5)CC3CC3(C1)C2. The quantitative estimate of drug-likeness (QED) is 0.125. The van der Waals surface area contributed by atoms with E-state index in [1.165, 1.54) is 135 Å². The molecule has 4 saturated carbocycles. The lowest BCUT2D eigenvalue weighted by Gasteiger charge is -2.57. The largest absolute Gasteiger partial charge is 0.376 e. The van der Waals surface area contributed by atoms with Crippen molar-refractivity contribution in [3.05, 3.63) is 214 Å². The van der Waals surface area contributed by atoms with E-state index in [-0.39, 0.29) is 18.2 Å². The number of allylic oxidation sites excluding steroid dienone is 2. The van der Waals surface area contributed by atoms with Crippen LogP contribution in [0.3, 0.4) is 0 Å². The Balaban J connectivity index is 0.905. The minimum Gasteiger partial charge on any atom is -0.376 e. The molecule has 2 aliphatic heterocycles. The minimum absolute atomic E-state index is 0.00155. The van der Waals surface area contributed by atoms with Gasteiger partial charge in [0, 0.05) is 22.9 Å². The Kier molecular flexibility index (Phi) is 7.99. The van der Waals surface area contributed by atoms with Crippen LogP contribution in [-0.2, 0) is 30.1 Å². The Hall–Kier alpha value is -6.90. The number of fused-ring (bicyclic) bond motifs is 14. The molecule has 10 aliphatic rings. The molecule has 0 saturated heterocycles. The van der Waals surface area contributed by atoms with Crippen LogP contribution in [0.5, 0.6) is 0 Å². The van der Waals surface area contributed by atoms with Crippen molar-refractivity contribution in [1.29, 1.82) is 0 Å². The molecule has 9 aromatic carbocycles. The van der Waals surface area contributed by atoms with Crippen LogP contribution in [0.4, 0.5) is 11.4 Å². The van der Waals surface area contributed by atoms with Gasteiger partial charge in [-0.3, -0.25) is 0 Å². The number of rotatable bonds is 4. The predicted molar refractivity (Wildman–Crippen MR) is 316 cm³/mol. The van der Waals surface area contributed by atoms with Crippen LogP contribution in [-0.4, -0.2) is 6.85 Å². The van der Waals surface area contributed by atoms with Gasteiger partial charge < -0.3 is 4.81 Å². The minimum atomic E-state index is -0.00155. The molecule has 2 heteroatoms. The highest BCUT2D eigenvalue weighted by Crippen LogP contribution is 2.76. The summed E-state index contributed by atoms with van der Waals surface area (Å²) in [7, 11) is 0. The molecular weight excluding hydrogens is 914 g/mol. The van der Waals surface area contributed by atoms with Crippen LogP contribution in [0.2, 0.25) is 0 Å². The Bertz CT molecular complexity index is 4130. The molecule has 8 aliphatic carbocycles. The maximum Gasteiger partial charge on any atom is 0.329 e. The average Bonchev–Trinajstić information content (AvgIpc) is 3.29. The van der Waals surface area contributed by atoms with E-state index < -0.39 is 0 Å². The van der Waals surface area contributed by atoms with E-state index in [2.05, 4.69) is 182 Å². The van der Waals surface area contributed by atoms with Gasteiger partial charge in [-0.25, -0.2) is 0 Å². The monoisotopic (exact) mass is 975 g/mol. The number of hydrogen-bond donors (Lipinski definition) is 0. The highest BCUT2D eigenvalue weighted by atomic mass is 15.1. The Labute approximate surface area is 448 Å². The first-order valence-electron chi connectivity index (χ1n) is 29.5. The summed E-state index contributed by atoms with van der Waals surface area (Å²) >= 11 is 0. The van der Waals surface area contributed by atoms with Crippen LogP contribution >= 0.6 is 0 Å². The first kappa shape index (κ1) is 42.2. The topological polar surface area (TPSA) is 3.24 Å². The zero-order valence-electron chi connectivity index (χ0n) is 44.0. The van der Waals surface area contributed by atoms with Gasteiger partial charge in [-0.2, -0.15) is 0 Å². The van der Waals surface area contributed by atoms with Crippen molar-refractivity contribution in [1.82, 2.24) is 0 Å². The van der Waals surface area contributed by atoms with E-state index in [1.54, 1.807) is 49.9 Å². The Morgan fingerprint density at radius 3 is 2.11 bits per heavy atom. The molecule has 0 radical (unpaired) electrons. The smallest absolute Gasteiger partial charge is 0.329 e. The maximum absolute atomic E-state index is 2.86. The van der Waals surface area contributed by atoms with Gasteiger partial charge in [-0.1, -0.05) is 165 Å². The van der Waals surface area contributed by atoms with Crippen molar-refractivity contribution in [3.63, 3.8) is 0 Å². The lowest BCUT2D eigenvalue weighted by molar-refractivity contribution is 0.166. The normalized spacial score (nSPS) is 28.7. The second kappa shape index (κ2) is 14.4. The molecule has 366 valence electrons. The third-order valence-electron chi connectivity index (χ3n) is 22.8. The third-order valence-corrected chi connectivity index (χ3v) is 22.8. The van der Waals surface area contributed by atoms with Crippen molar-refractivity contribution >= 4 is 50.7 Å². The lowest BCUT2D eigenvalue weighted by Crippen LogP contribution is -2.63. The van der Waals surface area contributed by atoms with Gasteiger partial charge in [-0.15, -0.1) is 0 Å². The third kappa shape index (κ3) is 5.44. The fourth-order valence-electron chi connectivity index (χ4n) is 19.9. The summed E-state index contributed by atoms with van der Waals surface area (Å²) in [5.41, 5.74) is 32.9. The number of aryl methyl sites for hydroxylation is 2. The van der Waals surface area contributed by atoms with Crippen LogP contribution in [0.25, 0.3) is 66.1 Å². The van der Waals surface area contributed by atoms with Gasteiger partial charge in [0.25, 0.3) is 0 Å². The summed E-state index contributed by atoms with van der Waals surface area (Å²) in [5, 5.41) is 5.43. The lowest BCUT2D eigenvalue weighted by atomic mass is 9.38. The summed E-state index contributed by atoms with van der Waals surface area (Å²) in [6.07, 6.45) is 15.5. The zero-order chi connectivity index (χ0) is 49.6. The number of nitrogens with zero attached hydrogens (tertiary/aromatic N) is 1. The van der Waals surface area contributed by atoms with Crippen LogP contribution < -0.4 is 15.7 Å². The summed E-state index contributed by atoms with van der Waals surface area (Å²) in [4.78, 5) is 2.86. The van der Waals surface area contributed by atoms with Crippen molar-refractivity contribution in [2.75, 3.05) is 4.81 Å². The van der Waals surface area contributed by atoms with Crippen molar-refractivity contribution in [2.24, 2.45) is 29.1 Å². The molecule has 4 fully saturated rings. The molecule has 1 spiro atoms. The van der Waals surface area contributed by atoms with E-state index >= 15 is 0 Å². The van der Waals surface area contributed by atoms with E-state index in [9.17, 15) is 0 Å². The standard InChI is InChI=1S/C74H62BN/c1-42-35-73(39-56-40-74(56,36-42)41-73)54-22-18-50-30-61-63-31-48-14-8-9-15-58(48)69-70-65(25-21-45-16-17-49-26-46-12-6-7-13-47(46)29-60(49)67(45)70)76(57-23-19-44(20-24-57)43-10-4-3-5-11-43)75(71(63)69)64-34-55(33-62(68(61)64)59(50)32-54)72(2)37-52-27-51-28-53(38-72)66(51)52/h3-15,18-26,29,31-34,42,52-53,56,61H,16-17,27-28,30,35-41H2,1-2H3. The van der Waals surface area contributed by atoms with Gasteiger partial charge in [-0.05, 0) is 252 Å². The van der Waals surface area contributed by atoms with Gasteiger partial charge in [0.1, 0.15) is 0 Å². The molecule has 7 unspecified atom stereocenters. The highest BCUT2D eigenvalue weighted by molar-refractivity contribution is 6.92. The first-order valence-corrected chi connectivity index (χ1v) is 29.5. The Morgan fingerprint density at radius 2 is 1.28 bits per heavy atom. The fourth-order valence-corrected chi connectivity index (χ4v) is 19.9. The number of anilines is 2. The van der Waals surface area contributed by atoms with Crippen LogP contribution in [0.1, 0.15) is 116 Å². The zero-order valence-corrected chi connectivity index (χ0v) is 44.0. The van der Waals surface area contributed by atoms with Crippen molar-refractivity contribution < 1.29 is 0 Å². The van der Waals surface area contributed by atoms with Crippen LogP contribution in [0.15, 0.2) is 175 Å².